The zero-order valence-corrected chi connectivity index (χ0v) is 13.6. The number of halogens is 1. The Balaban J connectivity index is 1.86. The standard InChI is InChI=1S/C14H16ClNO5S/c1-16(9-2-3-9)14(17)8-22(18,19)13-7-12-11(6-10(13)15)20-4-5-21-12/h6-7,9H,2-5,8H2,1H3. The lowest BCUT2D eigenvalue weighted by atomic mass is 10.3. The number of hydrogen-bond acceptors (Lipinski definition) is 5. The Bertz CT molecular complexity index is 714. The Morgan fingerprint density at radius 1 is 1.27 bits per heavy atom. The molecule has 0 radical (unpaired) electrons. The highest BCUT2D eigenvalue weighted by Gasteiger charge is 2.33. The van der Waals surface area contributed by atoms with Crippen molar-refractivity contribution in [1.29, 1.82) is 0 Å². The topological polar surface area (TPSA) is 72.9 Å². The zero-order chi connectivity index (χ0) is 15.9. The van der Waals surface area contributed by atoms with Gasteiger partial charge in [-0.1, -0.05) is 11.6 Å². The molecule has 1 heterocycles. The second-order valence-electron chi connectivity index (χ2n) is 5.42. The van der Waals surface area contributed by atoms with Gasteiger partial charge in [0.05, 0.1) is 9.92 Å². The number of rotatable bonds is 4. The number of ether oxygens (including phenoxy) is 2. The minimum absolute atomic E-state index is 0.0334. The number of hydrogen-bond donors (Lipinski definition) is 0. The summed E-state index contributed by atoms with van der Waals surface area (Å²) in [5.41, 5.74) is 0. The van der Waals surface area contributed by atoms with Gasteiger partial charge in [-0.3, -0.25) is 4.79 Å². The van der Waals surface area contributed by atoms with Crippen molar-refractivity contribution in [2.75, 3.05) is 26.0 Å². The highest BCUT2D eigenvalue weighted by Crippen LogP contribution is 2.37. The fourth-order valence-electron chi connectivity index (χ4n) is 2.29. The molecule has 0 unspecified atom stereocenters. The van der Waals surface area contributed by atoms with Crippen LogP contribution in [0.15, 0.2) is 17.0 Å². The molecule has 1 fully saturated rings. The van der Waals surface area contributed by atoms with E-state index in [1.54, 1.807) is 7.05 Å². The lowest BCUT2D eigenvalue weighted by molar-refractivity contribution is -0.127. The largest absolute Gasteiger partial charge is 0.486 e. The van der Waals surface area contributed by atoms with Gasteiger partial charge in [-0.25, -0.2) is 8.42 Å². The van der Waals surface area contributed by atoms with E-state index in [2.05, 4.69) is 0 Å². The molecule has 0 spiro atoms. The zero-order valence-electron chi connectivity index (χ0n) is 12.0. The minimum atomic E-state index is -3.83. The van der Waals surface area contributed by atoms with Crippen LogP contribution >= 0.6 is 11.6 Å². The van der Waals surface area contributed by atoms with Crippen molar-refractivity contribution in [3.05, 3.63) is 17.2 Å². The smallest absolute Gasteiger partial charge is 0.238 e. The Labute approximate surface area is 133 Å². The molecule has 2 aliphatic rings. The Hall–Kier alpha value is -1.47. The van der Waals surface area contributed by atoms with E-state index in [1.165, 1.54) is 17.0 Å². The van der Waals surface area contributed by atoms with Gasteiger partial charge in [0.25, 0.3) is 0 Å². The fourth-order valence-corrected chi connectivity index (χ4v) is 4.12. The first kappa shape index (κ1) is 15.4. The molecule has 1 aromatic rings. The van der Waals surface area contributed by atoms with Crippen LogP contribution in [-0.4, -0.2) is 51.3 Å². The van der Waals surface area contributed by atoms with E-state index in [0.717, 1.165) is 12.8 Å². The predicted molar refractivity (Wildman–Crippen MR) is 80.3 cm³/mol. The maximum Gasteiger partial charge on any atom is 0.238 e. The summed E-state index contributed by atoms with van der Waals surface area (Å²) in [6.45, 7) is 0.734. The van der Waals surface area contributed by atoms with Gasteiger partial charge in [0.1, 0.15) is 19.0 Å². The first-order chi connectivity index (χ1) is 10.4. The first-order valence-electron chi connectivity index (χ1n) is 6.96. The van der Waals surface area contributed by atoms with Crippen LogP contribution in [0.5, 0.6) is 11.5 Å². The van der Waals surface area contributed by atoms with E-state index in [9.17, 15) is 13.2 Å². The quantitative estimate of drug-likeness (QED) is 0.827. The highest BCUT2D eigenvalue weighted by atomic mass is 35.5. The van der Waals surface area contributed by atoms with Gasteiger partial charge in [0.2, 0.25) is 5.91 Å². The monoisotopic (exact) mass is 345 g/mol. The maximum absolute atomic E-state index is 12.5. The summed E-state index contributed by atoms with van der Waals surface area (Å²) in [4.78, 5) is 13.4. The van der Waals surface area contributed by atoms with Crippen molar-refractivity contribution in [3.8, 4) is 11.5 Å². The lowest BCUT2D eigenvalue weighted by Crippen LogP contribution is -2.34. The third-order valence-electron chi connectivity index (χ3n) is 3.73. The van der Waals surface area contributed by atoms with E-state index in [0.29, 0.717) is 24.7 Å². The van der Waals surface area contributed by atoms with Gasteiger partial charge in [0.15, 0.2) is 21.3 Å². The molecule has 1 aromatic carbocycles. The summed E-state index contributed by atoms with van der Waals surface area (Å²) in [7, 11) is -2.21. The van der Waals surface area contributed by atoms with Crippen LogP contribution in [0.3, 0.4) is 0 Å². The van der Waals surface area contributed by atoms with Gasteiger partial charge in [-0.05, 0) is 12.8 Å². The number of nitrogens with zero attached hydrogens (tertiary/aromatic N) is 1. The van der Waals surface area contributed by atoms with Crippen LogP contribution < -0.4 is 9.47 Å². The summed E-state index contributed by atoms with van der Waals surface area (Å²) < 4.78 is 35.7. The number of benzene rings is 1. The molecule has 1 aliphatic heterocycles. The molecular formula is C14H16ClNO5S. The molecule has 1 aliphatic carbocycles. The second kappa shape index (κ2) is 5.62. The third kappa shape index (κ3) is 3.01. The molecule has 3 rings (SSSR count). The average Bonchev–Trinajstić information content (AvgIpc) is 3.29. The summed E-state index contributed by atoms with van der Waals surface area (Å²) in [6, 6.07) is 2.91. The molecule has 1 amide bonds. The molecule has 1 saturated carbocycles. The number of sulfone groups is 1. The molecule has 0 aromatic heterocycles. The van der Waals surface area contributed by atoms with Crippen molar-refractivity contribution in [2.24, 2.45) is 0 Å². The summed E-state index contributed by atoms with van der Waals surface area (Å²) in [6.07, 6.45) is 1.85. The Kier molecular flexibility index (Phi) is 3.94. The highest BCUT2D eigenvalue weighted by molar-refractivity contribution is 7.92. The minimum Gasteiger partial charge on any atom is -0.486 e. The van der Waals surface area contributed by atoms with Crippen LogP contribution in [-0.2, 0) is 14.6 Å². The van der Waals surface area contributed by atoms with Crippen LogP contribution in [0.2, 0.25) is 5.02 Å². The van der Waals surface area contributed by atoms with Crippen molar-refractivity contribution in [1.82, 2.24) is 4.90 Å². The van der Waals surface area contributed by atoms with Gasteiger partial charge in [0, 0.05) is 25.2 Å². The van der Waals surface area contributed by atoms with Crippen LogP contribution in [0.1, 0.15) is 12.8 Å². The molecule has 120 valence electrons. The third-order valence-corrected chi connectivity index (χ3v) is 5.79. The average molecular weight is 346 g/mol. The van der Waals surface area contributed by atoms with Gasteiger partial charge in [-0.15, -0.1) is 0 Å². The predicted octanol–water partition coefficient (Wildman–Crippen LogP) is 1.51. The maximum atomic E-state index is 12.5. The van der Waals surface area contributed by atoms with Gasteiger partial charge in [-0.2, -0.15) is 0 Å². The summed E-state index contributed by atoms with van der Waals surface area (Å²) in [5, 5.41) is 0.0334. The molecule has 0 bridgehead atoms. The van der Waals surface area contributed by atoms with E-state index in [4.69, 9.17) is 21.1 Å². The van der Waals surface area contributed by atoms with Gasteiger partial charge < -0.3 is 14.4 Å². The first-order valence-corrected chi connectivity index (χ1v) is 8.99. The molecule has 8 heteroatoms. The second-order valence-corrected chi connectivity index (χ2v) is 7.79. The van der Waals surface area contributed by atoms with Crippen LogP contribution in [0.4, 0.5) is 0 Å². The van der Waals surface area contributed by atoms with Crippen molar-refractivity contribution in [3.63, 3.8) is 0 Å². The summed E-state index contributed by atoms with van der Waals surface area (Å²) in [5.74, 6) is -0.276. The number of carbonyl (C=O) groups is 1. The Morgan fingerprint density at radius 3 is 2.45 bits per heavy atom. The van der Waals surface area contributed by atoms with Crippen LogP contribution in [0, 0.1) is 0 Å². The SMILES string of the molecule is CN(C(=O)CS(=O)(=O)c1cc2c(cc1Cl)OCCO2)C1CC1. The molecule has 0 N–H and O–H groups in total. The van der Waals surface area contributed by atoms with Gasteiger partial charge >= 0.3 is 0 Å². The number of fused-ring (bicyclic) bond motifs is 1. The van der Waals surface area contributed by atoms with Crippen molar-refractivity contribution >= 4 is 27.3 Å². The van der Waals surface area contributed by atoms with Crippen molar-refractivity contribution < 1.29 is 22.7 Å². The normalized spacial score (nSPS) is 17.2. The van der Waals surface area contributed by atoms with E-state index in [-0.39, 0.29) is 16.0 Å². The molecular weight excluding hydrogens is 330 g/mol. The summed E-state index contributed by atoms with van der Waals surface area (Å²) >= 11 is 6.04. The number of amides is 1. The van der Waals surface area contributed by atoms with Crippen molar-refractivity contribution in [2.45, 2.75) is 23.8 Å². The molecule has 0 atom stereocenters. The Morgan fingerprint density at radius 2 is 1.86 bits per heavy atom. The molecule has 0 saturated heterocycles. The van der Waals surface area contributed by atoms with E-state index in [1.807, 2.05) is 0 Å². The van der Waals surface area contributed by atoms with E-state index < -0.39 is 21.5 Å². The molecule has 6 nitrogen and oxygen atoms in total. The lowest BCUT2D eigenvalue weighted by Gasteiger charge is -2.20. The fraction of sp³-hybridized carbons (Fsp3) is 0.500. The number of carbonyl (C=O) groups excluding carboxylic acids is 1. The van der Waals surface area contributed by atoms with Crippen LogP contribution in [0.25, 0.3) is 0 Å². The van der Waals surface area contributed by atoms with E-state index >= 15 is 0 Å². The molecule has 22 heavy (non-hydrogen) atoms.